The van der Waals surface area contributed by atoms with Gasteiger partial charge in [0.1, 0.15) is 13.2 Å². The molecule has 0 heterocycles. The first-order valence-electron chi connectivity index (χ1n) is 26.5. The fourth-order valence-corrected chi connectivity index (χ4v) is 8.09. The Kier molecular flexibility index (Phi) is 47.7. The summed E-state index contributed by atoms with van der Waals surface area (Å²) in [4.78, 5) is 37.9. The zero-order valence-corrected chi connectivity index (χ0v) is 40.1. The van der Waals surface area contributed by atoms with Crippen LogP contribution in [-0.2, 0) is 28.6 Å². The second kappa shape index (κ2) is 49.1. The summed E-state index contributed by atoms with van der Waals surface area (Å²) in [6, 6.07) is 0. The Morgan fingerprint density at radius 3 is 0.678 bits per heavy atom. The number of unbranched alkanes of at least 4 members (excludes halogenated alkanes) is 38. The molecule has 0 aliphatic carbocycles. The predicted molar refractivity (Wildman–Crippen MR) is 252 cm³/mol. The van der Waals surface area contributed by atoms with E-state index in [-0.39, 0.29) is 31.1 Å². The molecule has 0 aromatic carbocycles. The zero-order valence-electron chi connectivity index (χ0n) is 40.1. The number of ether oxygens (including phenoxy) is 3. The van der Waals surface area contributed by atoms with E-state index in [0.717, 1.165) is 57.8 Å². The van der Waals surface area contributed by atoms with Gasteiger partial charge in [0.15, 0.2) is 6.10 Å². The summed E-state index contributed by atoms with van der Waals surface area (Å²) >= 11 is 0. The number of rotatable bonds is 49. The lowest BCUT2D eigenvalue weighted by Crippen LogP contribution is -2.30. The Bertz CT molecular complexity index is 874. The van der Waals surface area contributed by atoms with Crippen LogP contribution >= 0.6 is 0 Å². The monoisotopic (exact) mass is 835 g/mol. The first kappa shape index (κ1) is 57.4. The summed E-state index contributed by atoms with van der Waals surface area (Å²) in [6.07, 6.45) is 52.2. The highest BCUT2D eigenvalue weighted by Gasteiger charge is 2.19. The molecule has 0 saturated carbocycles. The summed E-state index contributed by atoms with van der Waals surface area (Å²) in [6.45, 7) is 6.68. The third-order valence-electron chi connectivity index (χ3n) is 12.1. The number of hydrogen-bond donors (Lipinski definition) is 0. The van der Waals surface area contributed by atoms with E-state index in [4.69, 9.17) is 14.2 Å². The van der Waals surface area contributed by atoms with Gasteiger partial charge in [-0.25, -0.2) is 0 Å². The minimum Gasteiger partial charge on any atom is -0.462 e. The van der Waals surface area contributed by atoms with Crippen molar-refractivity contribution in [1.29, 1.82) is 0 Å². The summed E-state index contributed by atoms with van der Waals surface area (Å²) in [5.74, 6) is -0.839. The molecule has 0 aromatic rings. The van der Waals surface area contributed by atoms with Crippen molar-refractivity contribution >= 4 is 17.9 Å². The number of hydrogen-bond acceptors (Lipinski definition) is 6. The van der Waals surface area contributed by atoms with Crippen molar-refractivity contribution in [2.75, 3.05) is 13.2 Å². The molecule has 350 valence electrons. The van der Waals surface area contributed by atoms with Gasteiger partial charge in [0.2, 0.25) is 0 Å². The van der Waals surface area contributed by atoms with Crippen LogP contribution in [0.4, 0.5) is 0 Å². The lowest BCUT2D eigenvalue weighted by Gasteiger charge is -2.18. The first-order valence-corrected chi connectivity index (χ1v) is 26.5. The van der Waals surface area contributed by atoms with Gasteiger partial charge in [-0.05, 0) is 19.3 Å². The van der Waals surface area contributed by atoms with Gasteiger partial charge in [-0.15, -0.1) is 0 Å². The highest BCUT2D eigenvalue weighted by Crippen LogP contribution is 2.17. The van der Waals surface area contributed by atoms with Gasteiger partial charge in [0.25, 0.3) is 0 Å². The fraction of sp³-hybridized carbons (Fsp3) is 0.943. The molecule has 0 aromatic heterocycles. The fourth-order valence-electron chi connectivity index (χ4n) is 8.09. The molecule has 0 rings (SSSR count). The van der Waals surface area contributed by atoms with Gasteiger partial charge in [0.05, 0.1) is 0 Å². The SMILES string of the molecule is CCCCCCCCCCCCCCCCCCC(=O)OCC(COC(=O)CCCCCCCCCCCCCC)OC(=O)CCCCCCCCCCCCCCC. The van der Waals surface area contributed by atoms with Crippen molar-refractivity contribution in [2.24, 2.45) is 0 Å². The molecule has 0 radical (unpaired) electrons. The Morgan fingerprint density at radius 2 is 0.458 bits per heavy atom. The zero-order chi connectivity index (χ0) is 43.0. The third-order valence-corrected chi connectivity index (χ3v) is 12.1. The molecule has 6 heteroatoms. The topological polar surface area (TPSA) is 78.9 Å². The Balaban J connectivity index is 4.29. The Morgan fingerprint density at radius 1 is 0.271 bits per heavy atom. The minimum absolute atomic E-state index is 0.0616. The van der Waals surface area contributed by atoms with E-state index in [1.165, 1.54) is 205 Å². The van der Waals surface area contributed by atoms with Gasteiger partial charge >= 0.3 is 17.9 Å². The van der Waals surface area contributed by atoms with Crippen molar-refractivity contribution < 1.29 is 28.6 Å². The minimum atomic E-state index is -0.759. The Hall–Kier alpha value is -1.59. The molecular weight excluding hydrogens is 733 g/mol. The molecule has 0 amide bonds. The molecule has 6 nitrogen and oxygen atoms in total. The molecule has 1 atom stereocenters. The van der Waals surface area contributed by atoms with Crippen molar-refractivity contribution in [3.8, 4) is 0 Å². The molecule has 0 spiro atoms. The van der Waals surface area contributed by atoms with Crippen LogP contribution in [0.25, 0.3) is 0 Å². The van der Waals surface area contributed by atoms with E-state index in [1.54, 1.807) is 0 Å². The van der Waals surface area contributed by atoms with Gasteiger partial charge in [0, 0.05) is 19.3 Å². The standard InChI is InChI=1S/C53H102O6/c1-4-7-10-13-16-19-22-25-26-27-29-31-34-37-40-43-46-52(55)58-49-50(48-57-51(54)45-42-39-36-33-30-24-21-18-15-12-9-6-3)59-53(56)47-44-41-38-35-32-28-23-20-17-14-11-8-5-2/h50H,4-49H2,1-3H3. The molecule has 0 N–H and O–H groups in total. The van der Waals surface area contributed by atoms with Crippen molar-refractivity contribution in [3.05, 3.63) is 0 Å². The average molecular weight is 835 g/mol. The van der Waals surface area contributed by atoms with Crippen LogP contribution in [-0.4, -0.2) is 37.2 Å². The molecule has 0 aliphatic heterocycles. The summed E-state index contributed by atoms with van der Waals surface area (Å²) in [5.41, 5.74) is 0. The van der Waals surface area contributed by atoms with Crippen LogP contribution in [0, 0.1) is 0 Å². The molecule has 0 aliphatic rings. The van der Waals surface area contributed by atoms with E-state index in [1.807, 2.05) is 0 Å². The van der Waals surface area contributed by atoms with Crippen LogP contribution in [0.15, 0.2) is 0 Å². The Labute approximate surface area is 368 Å². The van der Waals surface area contributed by atoms with E-state index in [0.29, 0.717) is 19.3 Å². The maximum Gasteiger partial charge on any atom is 0.306 e. The van der Waals surface area contributed by atoms with Crippen LogP contribution in [0.5, 0.6) is 0 Å². The molecule has 0 bridgehead atoms. The van der Waals surface area contributed by atoms with Crippen LogP contribution < -0.4 is 0 Å². The van der Waals surface area contributed by atoms with Crippen LogP contribution in [0.1, 0.15) is 303 Å². The highest BCUT2D eigenvalue weighted by molar-refractivity contribution is 5.71. The van der Waals surface area contributed by atoms with E-state index in [2.05, 4.69) is 20.8 Å². The average Bonchev–Trinajstić information content (AvgIpc) is 3.23. The molecule has 0 saturated heterocycles. The lowest BCUT2D eigenvalue weighted by atomic mass is 10.0. The van der Waals surface area contributed by atoms with E-state index >= 15 is 0 Å². The predicted octanol–water partition coefficient (Wildman–Crippen LogP) is 17.2. The van der Waals surface area contributed by atoms with Crippen molar-refractivity contribution in [3.63, 3.8) is 0 Å². The van der Waals surface area contributed by atoms with Gasteiger partial charge in [-0.1, -0.05) is 265 Å². The van der Waals surface area contributed by atoms with Crippen LogP contribution in [0.3, 0.4) is 0 Å². The van der Waals surface area contributed by atoms with Gasteiger partial charge < -0.3 is 14.2 Å². The summed E-state index contributed by atoms with van der Waals surface area (Å²) in [7, 11) is 0. The normalized spacial score (nSPS) is 11.8. The lowest BCUT2D eigenvalue weighted by molar-refractivity contribution is -0.167. The number of carbonyl (C=O) groups is 3. The highest BCUT2D eigenvalue weighted by atomic mass is 16.6. The van der Waals surface area contributed by atoms with Crippen LogP contribution in [0.2, 0.25) is 0 Å². The smallest absolute Gasteiger partial charge is 0.306 e. The summed E-state index contributed by atoms with van der Waals surface area (Å²) < 4.78 is 16.8. The number of esters is 3. The van der Waals surface area contributed by atoms with Crippen molar-refractivity contribution in [1.82, 2.24) is 0 Å². The van der Waals surface area contributed by atoms with Gasteiger partial charge in [-0.2, -0.15) is 0 Å². The van der Waals surface area contributed by atoms with E-state index in [9.17, 15) is 14.4 Å². The maximum atomic E-state index is 12.8. The van der Waals surface area contributed by atoms with Crippen molar-refractivity contribution in [2.45, 2.75) is 309 Å². The molecular formula is C53H102O6. The van der Waals surface area contributed by atoms with Gasteiger partial charge in [-0.3, -0.25) is 14.4 Å². The second-order valence-corrected chi connectivity index (χ2v) is 18.2. The largest absolute Gasteiger partial charge is 0.462 e. The molecule has 0 fully saturated rings. The summed E-state index contributed by atoms with van der Waals surface area (Å²) in [5, 5.41) is 0. The second-order valence-electron chi connectivity index (χ2n) is 18.2. The third kappa shape index (κ3) is 47.3. The molecule has 59 heavy (non-hydrogen) atoms. The first-order chi connectivity index (χ1) is 29.0. The van der Waals surface area contributed by atoms with E-state index < -0.39 is 6.10 Å². The maximum absolute atomic E-state index is 12.8. The molecule has 1 unspecified atom stereocenters. The quantitative estimate of drug-likeness (QED) is 0.0345. The number of carbonyl (C=O) groups excluding carboxylic acids is 3.